The minimum Gasteiger partial charge on any atom is -0.497 e. The summed E-state index contributed by atoms with van der Waals surface area (Å²) in [5.74, 6) is 0.755. The Morgan fingerprint density at radius 3 is 2.48 bits per heavy atom. The Morgan fingerprint density at radius 1 is 1.06 bits per heavy atom. The first kappa shape index (κ1) is 22.8. The second kappa shape index (κ2) is 10.9. The molecular weight excluding hydrogens is 408 g/mol. The number of H-pyrrole nitrogens is 1. The van der Waals surface area contributed by atoms with E-state index in [9.17, 15) is 4.79 Å². The van der Waals surface area contributed by atoms with Crippen LogP contribution in [0.3, 0.4) is 0 Å². The number of benzene rings is 2. The summed E-state index contributed by atoms with van der Waals surface area (Å²) in [5, 5.41) is 4.83. The van der Waals surface area contributed by atoms with Crippen molar-refractivity contribution < 1.29 is 4.74 Å². The van der Waals surface area contributed by atoms with Gasteiger partial charge in [-0.3, -0.25) is 4.79 Å². The maximum atomic E-state index is 12.8. The summed E-state index contributed by atoms with van der Waals surface area (Å²) in [6.07, 6.45) is 0. The zero-order chi connectivity index (χ0) is 22.2. The Balaban J connectivity index is 1.86. The SMILES string of the molecule is CCN(CC)CCN(Cc1cc2cc(OC)ccc2[nH]c1=O)C(=S)Nc1ccccc1. The van der Waals surface area contributed by atoms with Crippen molar-refractivity contribution in [1.29, 1.82) is 0 Å². The Bertz CT molecular complexity index is 1060. The molecule has 3 rings (SSSR count). The van der Waals surface area contributed by atoms with E-state index >= 15 is 0 Å². The van der Waals surface area contributed by atoms with E-state index in [1.807, 2.05) is 54.6 Å². The highest BCUT2D eigenvalue weighted by Crippen LogP contribution is 2.19. The van der Waals surface area contributed by atoms with Crippen molar-refractivity contribution in [1.82, 2.24) is 14.8 Å². The van der Waals surface area contributed by atoms with Gasteiger partial charge in [0.2, 0.25) is 0 Å². The summed E-state index contributed by atoms with van der Waals surface area (Å²) in [5.41, 5.74) is 2.28. The predicted octanol–water partition coefficient (Wildman–Crippen LogP) is 4.08. The van der Waals surface area contributed by atoms with Gasteiger partial charge in [-0.25, -0.2) is 0 Å². The summed E-state index contributed by atoms with van der Waals surface area (Å²) in [6, 6.07) is 17.4. The van der Waals surface area contributed by atoms with Gasteiger partial charge in [0, 0.05) is 35.2 Å². The number of rotatable bonds is 9. The monoisotopic (exact) mass is 438 g/mol. The van der Waals surface area contributed by atoms with E-state index < -0.39 is 0 Å². The van der Waals surface area contributed by atoms with Gasteiger partial charge in [0.15, 0.2) is 5.11 Å². The van der Waals surface area contributed by atoms with Crippen LogP contribution in [0.25, 0.3) is 10.9 Å². The van der Waals surface area contributed by atoms with Crippen molar-refractivity contribution in [3.63, 3.8) is 0 Å². The lowest BCUT2D eigenvalue weighted by molar-refractivity contribution is 0.266. The number of para-hydroxylation sites is 1. The summed E-state index contributed by atoms with van der Waals surface area (Å²) < 4.78 is 5.33. The molecule has 0 aliphatic rings. The number of hydrogen-bond donors (Lipinski definition) is 2. The van der Waals surface area contributed by atoms with Crippen LogP contribution in [0.15, 0.2) is 59.4 Å². The fraction of sp³-hybridized carbons (Fsp3) is 0.333. The van der Waals surface area contributed by atoms with Gasteiger partial charge in [-0.05, 0) is 61.7 Å². The lowest BCUT2D eigenvalue weighted by Gasteiger charge is -2.28. The van der Waals surface area contributed by atoms with Gasteiger partial charge in [0.1, 0.15) is 5.75 Å². The molecule has 0 saturated carbocycles. The molecule has 0 amide bonds. The first-order valence-corrected chi connectivity index (χ1v) is 11.0. The van der Waals surface area contributed by atoms with E-state index in [2.05, 4.69) is 33.9 Å². The van der Waals surface area contributed by atoms with Crippen LogP contribution in [0, 0.1) is 0 Å². The highest BCUT2D eigenvalue weighted by Gasteiger charge is 2.15. The molecule has 0 radical (unpaired) electrons. The van der Waals surface area contributed by atoms with Gasteiger partial charge in [-0.2, -0.15) is 0 Å². The standard InChI is InChI=1S/C24H30N4O2S/c1-4-27(5-2)13-14-28(24(31)25-20-9-7-6-8-10-20)17-19-15-18-16-21(30-3)11-12-22(18)26-23(19)29/h6-12,15-16H,4-5,13-14,17H2,1-3H3,(H,25,31)(H,26,29). The molecule has 1 heterocycles. The number of methoxy groups -OCH3 is 1. The number of aromatic amines is 1. The number of fused-ring (bicyclic) bond motifs is 1. The molecule has 31 heavy (non-hydrogen) atoms. The van der Waals surface area contributed by atoms with E-state index in [0.29, 0.717) is 17.2 Å². The highest BCUT2D eigenvalue weighted by molar-refractivity contribution is 7.80. The van der Waals surface area contributed by atoms with Crippen molar-refractivity contribution in [2.24, 2.45) is 0 Å². The number of aromatic nitrogens is 1. The quantitative estimate of drug-likeness (QED) is 0.491. The van der Waals surface area contributed by atoms with Gasteiger partial charge >= 0.3 is 0 Å². The summed E-state index contributed by atoms with van der Waals surface area (Å²) >= 11 is 5.72. The number of thiocarbonyl (C=S) groups is 1. The Labute approximate surface area is 188 Å². The molecule has 164 valence electrons. The number of ether oxygens (including phenoxy) is 1. The van der Waals surface area contributed by atoms with Crippen LogP contribution in [-0.4, -0.2) is 53.2 Å². The maximum absolute atomic E-state index is 12.8. The molecule has 0 spiro atoms. The van der Waals surface area contributed by atoms with Crippen LogP contribution >= 0.6 is 12.2 Å². The summed E-state index contributed by atoms with van der Waals surface area (Å²) in [6.45, 7) is 8.24. The Morgan fingerprint density at radius 2 is 1.81 bits per heavy atom. The van der Waals surface area contributed by atoms with Gasteiger partial charge in [0.05, 0.1) is 13.7 Å². The van der Waals surface area contributed by atoms with Gasteiger partial charge < -0.3 is 24.8 Å². The zero-order valence-electron chi connectivity index (χ0n) is 18.4. The number of anilines is 1. The first-order chi connectivity index (χ1) is 15.0. The van der Waals surface area contributed by atoms with Crippen molar-refractivity contribution in [3.8, 4) is 5.75 Å². The molecule has 0 saturated heterocycles. The van der Waals surface area contributed by atoms with Gasteiger partial charge in [-0.1, -0.05) is 32.0 Å². The topological polar surface area (TPSA) is 60.6 Å². The lowest BCUT2D eigenvalue weighted by Crippen LogP contribution is -2.41. The second-order valence-corrected chi connectivity index (χ2v) is 7.71. The fourth-order valence-corrected chi connectivity index (χ4v) is 3.73. The largest absolute Gasteiger partial charge is 0.497 e. The lowest BCUT2D eigenvalue weighted by atomic mass is 10.1. The zero-order valence-corrected chi connectivity index (χ0v) is 19.2. The average Bonchev–Trinajstić information content (AvgIpc) is 2.79. The van der Waals surface area contributed by atoms with Crippen molar-refractivity contribution in [2.45, 2.75) is 20.4 Å². The number of nitrogens with one attached hydrogen (secondary N) is 2. The molecule has 1 aromatic heterocycles. The Hall–Kier alpha value is -2.90. The fourth-order valence-electron chi connectivity index (χ4n) is 3.46. The average molecular weight is 439 g/mol. The van der Waals surface area contributed by atoms with Crippen LogP contribution in [0.2, 0.25) is 0 Å². The van der Waals surface area contributed by atoms with E-state index in [4.69, 9.17) is 17.0 Å². The second-order valence-electron chi connectivity index (χ2n) is 7.32. The molecule has 0 bridgehead atoms. The third-order valence-electron chi connectivity index (χ3n) is 5.38. The molecule has 0 aliphatic carbocycles. The minimum absolute atomic E-state index is 0.104. The predicted molar refractivity (Wildman–Crippen MR) is 132 cm³/mol. The molecule has 0 aliphatic heterocycles. The van der Waals surface area contributed by atoms with Crippen LogP contribution in [0.4, 0.5) is 5.69 Å². The number of likely N-dealkylation sites (N-methyl/N-ethyl adjacent to an activating group) is 1. The first-order valence-electron chi connectivity index (χ1n) is 10.6. The van der Waals surface area contributed by atoms with Crippen molar-refractivity contribution in [3.05, 3.63) is 70.5 Å². The third-order valence-corrected chi connectivity index (χ3v) is 5.74. The molecule has 7 heteroatoms. The molecule has 2 N–H and O–H groups in total. The summed E-state index contributed by atoms with van der Waals surface area (Å²) in [4.78, 5) is 20.1. The normalized spacial score (nSPS) is 11.0. The maximum Gasteiger partial charge on any atom is 0.253 e. The molecule has 0 fully saturated rings. The highest BCUT2D eigenvalue weighted by atomic mass is 32.1. The third kappa shape index (κ3) is 6.06. The Kier molecular flexibility index (Phi) is 8.03. The smallest absolute Gasteiger partial charge is 0.253 e. The number of nitrogens with zero attached hydrogens (tertiary/aromatic N) is 2. The molecule has 0 unspecified atom stereocenters. The van der Waals surface area contributed by atoms with E-state index in [-0.39, 0.29) is 5.56 Å². The van der Waals surface area contributed by atoms with Crippen molar-refractivity contribution in [2.75, 3.05) is 38.6 Å². The van der Waals surface area contributed by atoms with Crippen LogP contribution in [-0.2, 0) is 6.54 Å². The molecule has 6 nitrogen and oxygen atoms in total. The molecule has 0 atom stereocenters. The molecule has 2 aromatic carbocycles. The van der Waals surface area contributed by atoms with Crippen molar-refractivity contribution >= 4 is 33.9 Å². The van der Waals surface area contributed by atoms with Crippen LogP contribution in [0.1, 0.15) is 19.4 Å². The van der Waals surface area contributed by atoms with Crippen LogP contribution in [0.5, 0.6) is 5.75 Å². The summed E-state index contributed by atoms with van der Waals surface area (Å²) in [7, 11) is 1.64. The van der Waals surface area contributed by atoms with E-state index in [1.54, 1.807) is 7.11 Å². The van der Waals surface area contributed by atoms with Crippen LogP contribution < -0.4 is 15.6 Å². The van der Waals surface area contributed by atoms with Gasteiger partial charge in [0.25, 0.3) is 5.56 Å². The molecule has 3 aromatic rings. The number of hydrogen-bond acceptors (Lipinski definition) is 4. The van der Waals surface area contributed by atoms with E-state index in [1.165, 1.54) is 0 Å². The molecular formula is C24H30N4O2S. The van der Waals surface area contributed by atoms with Gasteiger partial charge in [-0.15, -0.1) is 0 Å². The minimum atomic E-state index is -0.104. The van der Waals surface area contributed by atoms with E-state index in [0.717, 1.165) is 48.5 Å². The number of pyridine rings is 1.